The molecule has 1 fully saturated rings. The monoisotopic (exact) mass is 374 g/mol. The third kappa shape index (κ3) is 4.33. The molecule has 0 radical (unpaired) electrons. The van der Waals surface area contributed by atoms with Crippen molar-refractivity contribution < 1.29 is 8.42 Å². The van der Waals surface area contributed by atoms with Gasteiger partial charge in [-0.05, 0) is 56.9 Å². The molecule has 2 aromatic rings. The van der Waals surface area contributed by atoms with Gasteiger partial charge in [0, 0.05) is 6.04 Å². The highest BCUT2D eigenvalue weighted by Crippen LogP contribution is 2.24. The molecule has 0 unspecified atom stereocenters. The summed E-state index contributed by atoms with van der Waals surface area (Å²) in [6, 6.07) is 7.58. The van der Waals surface area contributed by atoms with Gasteiger partial charge in [0.05, 0.1) is 4.90 Å². The maximum absolute atomic E-state index is 12.8. The molecule has 1 saturated carbocycles. The standard InChI is InChI=1S/C19H26N4O2S/c1-13-11-14(2)19(15(3)12-13)26(24,25)23-18-10-9-17(21-22-18)20-16-7-5-4-6-8-16/h9-12,16H,4-8H2,1-3H3,(H,20,21)(H,22,23). The molecule has 26 heavy (non-hydrogen) atoms. The fourth-order valence-corrected chi connectivity index (χ4v) is 5.15. The highest BCUT2D eigenvalue weighted by atomic mass is 32.2. The maximum atomic E-state index is 12.8. The van der Waals surface area contributed by atoms with E-state index in [1.165, 1.54) is 19.3 Å². The molecule has 1 aliphatic carbocycles. The minimum atomic E-state index is -3.70. The lowest BCUT2D eigenvalue weighted by Gasteiger charge is -2.23. The van der Waals surface area contributed by atoms with E-state index in [1.807, 2.05) is 19.1 Å². The van der Waals surface area contributed by atoms with E-state index >= 15 is 0 Å². The van der Waals surface area contributed by atoms with E-state index in [4.69, 9.17) is 0 Å². The lowest BCUT2D eigenvalue weighted by atomic mass is 9.95. The van der Waals surface area contributed by atoms with Crippen molar-refractivity contribution in [2.75, 3.05) is 10.0 Å². The Labute approximate surface area is 155 Å². The summed E-state index contributed by atoms with van der Waals surface area (Å²) >= 11 is 0. The SMILES string of the molecule is Cc1cc(C)c(S(=O)(=O)Nc2ccc(NC3CCCCC3)nn2)c(C)c1. The first-order chi connectivity index (χ1) is 12.3. The average molecular weight is 375 g/mol. The lowest BCUT2D eigenvalue weighted by Crippen LogP contribution is -2.23. The summed E-state index contributed by atoms with van der Waals surface area (Å²) in [6.45, 7) is 5.56. The zero-order valence-corrected chi connectivity index (χ0v) is 16.4. The molecule has 6 nitrogen and oxygen atoms in total. The molecule has 0 spiro atoms. The fraction of sp³-hybridized carbons (Fsp3) is 0.474. The van der Waals surface area contributed by atoms with Gasteiger partial charge in [-0.15, -0.1) is 10.2 Å². The normalized spacial score (nSPS) is 15.7. The lowest BCUT2D eigenvalue weighted by molar-refractivity contribution is 0.461. The first-order valence-electron chi connectivity index (χ1n) is 9.06. The molecule has 140 valence electrons. The molecule has 0 saturated heterocycles. The number of anilines is 2. The molecule has 0 atom stereocenters. The summed E-state index contributed by atoms with van der Waals surface area (Å²) in [7, 11) is -3.70. The van der Waals surface area contributed by atoms with Crippen LogP contribution in [-0.2, 0) is 10.0 Å². The molecular formula is C19H26N4O2S. The molecule has 0 bridgehead atoms. The van der Waals surface area contributed by atoms with Crippen molar-refractivity contribution in [1.29, 1.82) is 0 Å². The number of sulfonamides is 1. The zero-order chi connectivity index (χ0) is 18.7. The summed E-state index contributed by atoms with van der Waals surface area (Å²) in [6.07, 6.45) is 6.04. The summed E-state index contributed by atoms with van der Waals surface area (Å²) in [4.78, 5) is 0.300. The van der Waals surface area contributed by atoms with Crippen LogP contribution < -0.4 is 10.0 Å². The third-order valence-corrected chi connectivity index (χ3v) is 6.39. The van der Waals surface area contributed by atoms with Gasteiger partial charge in [0.15, 0.2) is 5.82 Å². The highest BCUT2D eigenvalue weighted by molar-refractivity contribution is 7.92. The summed E-state index contributed by atoms with van der Waals surface area (Å²) in [5.41, 5.74) is 2.48. The quantitative estimate of drug-likeness (QED) is 0.828. The summed E-state index contributed by atoms with van der Waals surface area (Å²) in [5.74, 6) is 0.904. The number of nitrogens with one attached hydrogen (secondary N) is 2. The van der Waals surface area contributed by atoms with Gasteiger partial charge in [-0.1, -0.05) is 37.0 Å². The fourth-order valence-electron chi connectivity index (χ4n) is 3.70. The van der Waals surface area contributed by atoms with Gasteiger partial charge >= 0.3 is 0 Å². The number of aromatic nitrogens is 2. The Bertz CT molecular complexity index is 850. The average Bonchev–Trinajstić information content (AvgIpc) is 2.56. The molecule has 1 aromatic heterocycles. The number of nitrogens with zero attached hydrogens (tertiary/aromatic N) is 2. The molecule has 1 aliphatic rings. The Hall–Kier alpha value is -2.15. The first-order valence-corrected chi connectivity index (χ1v) is 10.5. The Morgan fingerprint density at radius 2 is 1.50 bits per heavy atom. The molecule has 0 aliphatic heterocycles. The minimum absolute atomic E-state index is 0.221. The molecule has 1 aromatic carbocycles. The number of hydrogen-bond acceptors (Lipinski definition) is 5. The van der Waals surface area contributed by atoms with Gasteiger partial charge in [0.25, 0.3) is 10.0 Å². The largest absolute Gasteiger partial charge is 0.366 e. The van der Waals surface area contributed by atoms with Crippen LogP contribution in [0.3, 0.4) is 0 Å². The summed E-state index contributed by atoms with van der Waals surface area (Å²) < 4.78 is 28.1. The summed E-state index contributed by atoms with van der Waals surface area (Å²) in [5, 5.41) is 11.5. The molecule has 0 amide bonds. The Kier molecular flexibility index (Phi) is 5.46. The van der Waals surface area contributed by atoms with Crippen LogP contribution in [0.5, 0.6) is 0 Å². The second kappa shape index (κ2) is 7.61. The third-order valence-electron chi connectivity index (χ3n) is 4.73. The predicted octanol–water partition coefficient (Wildman–Crippen LogP) is 3.95. The van der Waals surface area contributed by atoms with Crippen molar-refractivity contribution in [2.45, 2.75) is 63.8 Å². The van der Waals surface area contributed by atoms with E-state index < -0.39 is 10.0 Å². The van der Waals surface area contributed by atoms with Crippen molar-refractivity contribution >= 4 is 21.7 Å². The van der Waals surface area contributed by atoms with Crippen LogP contribution >= 0.6 is 0 Å². The number of hydrogen-bond donors (Lipinski definition) is 2. The van der Waals surface area contributed by atoms with Crippen molar-refractivity contribution in [2.24, 2.45) is 0 Å². The predicted molar refractivity (Wildman–Crippen MR) is 104 cm³/mol. The number of aryl methyl sites for hydroxylation is 3. The van der Waals surface area contributed by atoms with Gasteiger partial charge in [-0.2, -0.15) is 0 Å². The van der Waals surface area contributed by atoms with Gasteiger partial charge < -0.3 is 5.32 Å². The first kappa shape index (κ1) is 18.6. The zero-order valence-electron chi connectivity index (χ0n) is 15.5. The number of rotatable bonds is 5. The van der Waals surface area contributed by atoms with E-state index in [-0.39, 0.29) is 5.82 Å². The van der Waals surface area contributed by atoms with Crippen LogP contribution in [0, 0.1) is 20.8 Å². The molecule has 1 heterocycles. The Morgan fingerprint density at radius 3 is 2.08 bits per heavy atom. The van der Waals surface area contributed by atoms with Gasteiger partial charge in [0.1, 0.15) is 5.82 Å². The minimum Gasteiger partial charge on any atom is -0.366 e. The molecule has 3 rings (SSSR count). The van der Waals surface area contributed by atoms with E-state index in [0.29, 0.717) is 16.8 Å². The van der Waals surface area contributed by atoms with Crippen molar-refractivity contribution in [3.05, 3.63) is 41.0 Å². The van der Waals surface area contributed by atoms with Gasteiger partial charge in [0.2, 0.25) is 0 Å². The van der Waals surface area contributed by atoms with Crippen molar-refractivity contribution in [3.8, 4) is 0 Å². The molecule has 7 heteroatoms. The van der Waals surface area contributed by atoms with Gasteiger partial charge in [-0.25, -0.2) is 8.42 Å². The molecular weight excluding hydrogens is 348 g/mol. The van der Waals surface area contributed by atoms with Crippen LogP contribution in [0.15, 0.2) is 29.2 Å². The molecule has 2 N–H and O–H groups in total. The van der Waals surface area contributed by atoms with Crippen LogP contribution in [0.25, 0.3) is 0 Å². The van der Waals surface area contributed by atoms with E-state index in [1.54, 1.807) is 26.0 Å². The topological polar surface area (TPSA) is 84.0 Å². The second-order valence-corrected chi connectivity index (χ2v) is 8.74. The maximum Gasteiger partial charge on any atom is 0.263 e. The Morgan fingerprint density at radius 1 is 0.923 bits per heavy atom. The highest BCUT2D eigenvalue weighted by Gasteiger charge is 2.21. The van der Waals surface area contributed by atoms with Crippen molar-refractivity contribution in [3.63, 3.8) is 0 Å². The van der Waals surface area contributed by atoms with Crippen molar-refractivity contribution in [1.82, 2.24) is 10.2 Å². The van der Waals surface area contributed by atoms with Crippen LogP contribution in [-0.4, -0.2) is 24.7 Å². The van der Waals surface area contributed by atoms with Crippen LogP contribution in [0.2, 0.25) is 0 Å². The van der Waals surface area contributed by atoms with E-state index in [0.717, 1.165) is 29.5 Å². The van der Waals surface area contributed by atoms with E-state index in [2.05, 4.69) is 20.2 Å². The van der Waals surface area contributed by atoms with Gasteiger partial charge in [-0.3, -0.25) is 4.72 Å². The van der Waals surface area contributed by atoms with Crippen LogP contribution in [0.1, 0.15) is 48.8 Å². The smallest absolute Gasteiger partial charge is 0.263 e. The number of benzene rings is 1. The van der Waals surface area contributed by atoms with E-state index in [9.17, 15) is 8.42 Å². The Balaban J connectivity index is 1.74. The van der Waals surface area contributed by atoms with Crippen LogP contribution in [0.4, 0.5) is 11.6 Å². The second-order valence-electron chi connectivity index (χ2n) is 7.12.